The van der Waals surface area contributed by atoms with Gasteiger partial charge in [0.15, 0.2) is 0 Å². The molecule has 168 valence electrons. The van der Waals surface area contributed by atoms with Gasteiger partial charge in [-0.15, -0.1) is 0 Å². The van der Waals surface area contributed by atoms with Gasteiger partial charge < -0.3 is 14.8 Å². The van der Waals surface area contributed by atoms with Crippen molar-refractivity contribution >= 4 is 21.6 Å². The third-order valence-electron chi connectivity index (χ3n) is 4.84. The molecule has 3 aromatic rings. The summed E-state index contributed by atoms with van der Waals surface area (Å²) < 4.78 is 39.4. The lowest BCUT2D eigenvalue weighted by molar-refractivity contribution is -0.117. The topological polar surface area (TPSA) is 93.7 Å². The Morgan fingerprint density at radius 3 is 2.38 bits per heavy atom. The number of amides is 1. The number of sulfonamides is 1. The Balaban J connectivity index is 1.92. The first-order valence-electron chi connectivity index (χ1n) is 9.98. The molecule has 0 saturated heterocycles. The van der Waals surface area contributed by atoms with Crippen molar-refractivity contribution in [3.63, 3.8) is 0 Å². The Bertz CT molecular complexity index is 1180. The number of aryl methyl sites for hydroxylation is 1. The van der Waals surface area contributed by atoms with Gasteiger partial charge in [-0.2, -0.15) is 4.72 Å². The minimum Gasteiger partial charge on any atom is -0.497 e. The Morgan fingerprint density at radius 2 is 1.69 bits per heavy atom. The molecule has 7 nitrogen and oxygen atoms in total. The van der Waals surface area contributed by atoms with Gasteiger partial charge in [-0.25, -0.2) is 8.42 Å². The van der Waals surface area contributed by atoms with Crippen molar-refractivity contribution < 1.29 is 22.7 Å². The van der Waals surface area contributed by atoms with E-state index < -0.39 is 22.0 Å². The highest BCUT2D eigenvalue weighted by Gasteiger charge is 2.28. The number of benzene rings is 3. The zero-order valence-corrected chi connectivity index (χ0v) is 19.0. The highest BCUT2D eigenvalue weighted by molar-refractivity contribution is 7.89. The van der Waals surface area contributed by atoms with Crippen LogP contribution < -0.4 is 19.5 Å². The lowest BCUT2D eigenvalue weighted by atomic mass is 10.1. The molecule has 0 aliphatic carbocycles. The van der Waals surface area contributed by atoms with Gasteiger partial charge in [-0.3, -0.25) is 4.79 Å². The van der Waals surface area contributed by atoms with Crippen LogP contribution in [0.1, 0.15) is 11.1 Å². The van der Waals surface area contributed by atoms with Gasteiger partial charge in [0.05, 0.1) is 14.2 Å². The number of carbonyl (C=O) groups excluding carboxylic acids is 1. The van der Waals surface area contributed by atoms with E-state index in [1.807, 2.05) is 30.3 Å². The molecular formula is C24H26N2O5S. The minimum absolute atomic E-state index is 0.0211. The second-order valence-corrected chi connectivity index (χ2v) is 8.92. The highest BCUT2D eigenvalue weighted by Crippen LogP contribution is 2.25. The normalized spacial score (nSPS) is 12.1. The fraction of sp³-hybridized carbons (Fsp3) is 0.208. The molecule has 32 heavy (non-hydrogen) atoms. The maximum absolute atomic E-state index is 13.2. The van der Waals surface area contributed by atoms with E-state index in [-0.39, 0.29) is 17.1 Å². The highest BCUT2D eigenvalue weighted by atomic mass is 32.2. The summed E-state index contributed by atoms with van der Waals surface area (Å²) in [6.07, 6.45) is 0.171. The van der Waals surface area contributed by atoms with Crippen LogP contribution in [0.3, 0.4) is 0 Å². The molecule has 2 N–H and O–H groups in total. The van der Waals surface area contributed by atoms with Crippen LogP contribution in [0.5, 0.6) is 11.5 Å². The largest absolute Gasteiger partial charge is 0.497 e. The summed E-state index contributed by atoms with van der Waals surface area (Å²) in [7, 11) is -1.12. The third-order valence-corrected chi connectivity index (χ3v) is 6.34. The molecule has 0 heterocycles. The molecule has 1 amide bonds. The lowest BCUT2D eigenvalue weighted by Gasteiger charge is -2.20. The maximum Gasteiger partial charge on any atom is 0.245 e. The van der Waals surface area contributed by atoms with Gasteiger partial charge in [0.25, 0.3) is 0 Å². The van der Waals surface area contributed by atoms with Crippen molar-refractivity contribution in [3.05, 3.63) is 83.9 Å². The predicted octanol–water partition coefficient (Wildman–Crippen LogP) is 3.54. The maximum atomic E-state index is 13.2. The number of hydrogen-bond donors (Lipinski definition) is 2. The van der Waals surface area contributed by atoms with Gasteiger partial charge in [0.1, 0.15) is 22.4 Å². The van der Waals surface area contributed by atoms with E-state index in [0.717, 1.165) is 11.1 Å². The first kappa shape index (κ1) is 23.3. The van der Waals surface area contributed by atoms with Crippen molar-refractivity contribution in [1.29, 1.82) is 0 Å². The van der Waals surface area contributed by atoms with E-state index in [9.17, 15) is 13.2 Å². The number of anilines is 1. The molecule has 0 radical (unpaired) electrons. The average molecular weight is 455 g/mol. The van der Waals surface area contributed by atoms with Crippen molar-refractivity contribution in [1.82, 2.24) is 4.72 Å². The van der Waals surface area contributed by atoms with Gasteiger partial charge in [-0.1, -0.05) is 42.5 Å². The molecule has 8 heteroatoms. The molecular weight excluding hydrogens is 428 g/mol. The van der Waals surface area contributed by atoms with E-state index in [0.29, 0.717) is 11.4 Å². The molecule has 3 aromatic carbocycles. The minimum atomic E-state index is -4.06. The van der Waals surface area contributed by atoms with Crippen LogP contribution in [-0.4, -0.2) is 34.6 Å². The Kier molecular flexibility index (Phi) is 7.50. The predicted molar refractivity (Wildman–Crippen MR) is 124 cm³/mol. The summed E-state index contributed by atoms with van der Waals surface area (Å²) in [5.74, 6) is 0.291. The second kappa shape index (κ2) is 10.3. The molecule has 0 aliphatic rings. The molecule has 1 unspecified atom stereocenters. The van der Waals surface area contributed by atoms with Crippen LogP contribution in [-0.2, 0) is 21.2 Å². The Hall–Kier alpha value is -3.36. The quantitative estimate of drug-likeness (QED) is 0.516. The molecule has 0 aliphatic heterocycles. The van der Waals surface area contributed by atoms with E-state index in [2.05, 4.69) is 10.0 Å². The second-order valence-electron chi connectivity index (χ2n) is 7.24. The Morgan fingerprint density at radius 1 is 0.938 bits per heavy atom. The zero-order valence-electron chi connectivity index (χ0n) is 18.2. The van der Waals surface area contributed by atoms with E-state index in [1.165, 1.54) is 20.3 Å². The van der Waals surface area contributed by atoms with Crippen molar-refractivity contribution in [2.75, 3.05) is 19.5 Å². The van der Waals surface area contributed by atoms with Gasteiger partial charge in [0.2, 0.25) is 15.9 Å². The van der Waals surface area contributed by atoms with Crippen LogP contribution in [0.15, 0.2) is 77.7 Å². The SMILES string of the molecule is COc1cccc(NC(=O)C(Cc2ccccc2)NS(=O)(=O)c2cc(C)ccc2OC)c1. The first-order valence-corrected chi connectivity index (χ1v) is 11.5. The summed E-state index contributed by atoms with van der Waals surface area (Å²) in [6.45, 7) is 1.79. The lowest BCUT2D eigenvalue weighted by Crippen LogP contribution is -2.45. The summed E-state index contributed by atoms with van der Waals surface area (Å²) in [6, 6.07) is 19.9. The van der Waals surface area contributed by atoms with Crippen molar-refractivity contribution in [2.45, 2.75) is 24.3 Å². The van der Waals surface area contributed by atoms with E-state index >= 15 is 0 Å². The number of methoxy groups -OCH3 is 2. The molecule has 0 aromatic heterocycles. The van der Waals surface area contributed by atoms with Crippen LogP contribution in [0.25, 0.3) is 0 Å². The fourth-order valence-electron chi connectivity index (χ4n) is 3.21. The standard InChI is InChI=1S/C24H26N2O5S/c1-17-12-13-22(31-3)23(14-17)32(28,29)26-21(15-18-8-5-4-6-9-18)24(27)25-19-10-7-11-20(16-19)30-2/h4-14,16,21,26H,15H2,1-3H3,(H,25,27). The van der Waals surface area contributed by atoms with Gasteiger partial charge in [0, 0.05) is 11.8 Å². The number of rotatable bonds is 9. The molecule has 0 spiro atoms. The number of ether oxygens (including phenoxy) is 2. The van der Waals surface area contributed by atoms with Crippen molar-refractivity contribution in [2.24, 2.45) is 0 Å². The van der Waals surface area contributed by atoms with Crippen molar-refractivity contribution in [3.8, 4) is 11.5 Å². The smallest absolute Gasteiger partial charge is 0.245 e. The summed E-state index contributed by atoms with van der Waals surface area (Å²) in [5, 5.41) is 2.77. The van der Waals surface area contributed by atoms with Gasteiger partial charge in [-0.05, 0) is 48.7 Å². The summed E-state index contributed by atoms with van der Waals surface area (Å²) in [5.41, 5.74) is 2.07. The average Bonchev–Trinajstić information content (AvgIpc) is 2.79. The van der Waals surface area contributed by atoms with Gasteiger partial charge >= 0.3 is 0 Å². The number of nitrogens with one attached hydrogen (secondary N) is 2. The molecule has 0 fully saturated rings. The first-order chi connectivity index (χ1) is 15.3. The van der Waals surface area contributed by atoms with Crippen LogP contribution in [0.4, 0.5) is 5.69 Å². The monoisotopic (exact) mass is 454 g/mol. The number of hydrogen-bond acceptors (Lipinski definition) is 5. The summed E-state index contributed by atoms with van der Waals surface area (Å²) in [4.78, 5) is 13.1. The molecule has 1 atom stereocenters. The van der Waals surface area contributed by atoms with Crippen LogP contribution in [0.2, 0.25) is 0 Å². The number of carbonyl (C=O) groups is 1. The molecule has 3 rings (SSSR count). The zero-order chi connectivity index (χ0) is 23.1. The fourth-order valence-corrected chi connectivity index (χ4v) is 4.66. The van der Waals surface area contributed by atoms with Crippen LogP contribution >= 0.6 is 0 Å². The Labute approximate surface area is 188 Å². The van der Waals surface area contributed by atoms with Crippen LogP contribution in [0, 0.1) is 6.92 Å². The van der Waals surface area contributed by atoms with E-state index in [4.69, 9.17) is 9.47 Å². The van der Waals surface area contributed by atoms with E-state index in [1.54, 1.807) is 43.3 Å². The summed E-state index contributed by atoms with van der Waals surface area (Å²) >= 11 is 0. The molecule has 0 saturated carbocycles. The molecule has 0 bridgehead atoms. The third kappa shape index (κ3) is 5.87.